The number of ether oxygens (including phenoxy) is 1. The lowest BCUT2D eigenvalue weighted by Crippen LogP contribution is -2.24. The molecule has 4 nitrogen and oxygen atoms in total. The van der Waals surface area contributed by atoms with Gasteiger partial charge in [0.2, 0.25) is 5.91 Å². The van der Waals surface area contributed by atoms with Gasteiger partial charge >= 0.3 is 5.97 Å². The molecule has 1 atom stereocenters. The fraction of sp³-hybridized carbons (Fsp3) is 0.263. The summed E-state index contributed by atoms with van der Waals surface area (Å²) in [5.41, 5.74) is 0.990. The van der Waals surface area contributed by atoms with Crippen LogP contribution in [-0.2, 0) is 9.53 Å². The largest absolute Gasteiger partial charge is 0.462 e. The van der Waals surface area contributed by atoms with Crippen molar-refractivity contribution in [2.75, 3.05) is 11.9 Å². The van der Waals surface area contributed by atoms with E-state index in [9.17, 15) is 9.59 Å². The van der Waals surface area contributed by atoms with Crippen molar-refractivity contribution < 1.29 is 14.3 Å². The summed E-state index contributed by atoms with van der Waals surface area (Å²) in [4.78, 5) is 25.3. The van der Waals surface area contributed by atoms with Crippen LogP contribution >= 0.6 is 23.4 Å². The first kappa shape index (κ1) is 19.3. The van der Waals surface area contributed by atoms with Gasteiger partial charge in [0.1, 0.15) is 0 Å². The molecule has 2 aromatic rings. The van der Waals surface area contributed by atoms with Gasteiger partial charge in [0, 0.05) is 15.6 Å². The van der Waals surface area contributed by atoms with Gasteiger partial charge < -0.3 is 10.1 Å². The number of nitrogens with one attached hydrogen (secondary N) is 1. The zero-order valence-corrected chi connectivity index (χ0v) is 15.7. The van der Waals surface area contributed by atoms with E-state index in [1.165, 1.54) is 11.8 Å². The third kappa shape index (κ3) is 5.80. The number of esters is 1. The first-order valence-corrected chi connectivity index (χ1v) is 9.29. The summed E-state index contributed by atoms with van der Waals surface area (Å²) in [5, 5.41) is 3.29. The van der Waals surface area contributed by atoms with Gasteiger partial charge in [-0.15, -0.1) is 11.8 Å². The Labute approximate surface area is 156 Å². The molecular weight excluding hydrogens is 358 g/mol. The van der Waals surface area contributed by atoms with Crippen molar-refractivity contribution in [2.45, 2.75) is 30.4 Å². The van der Waals surface area contributed by atoms with E-state index in [1.807, 2.05) is 19.1 Å². The quantitative estimate of drug-likeness (QED) is 0.543. The summed E-state index contributed by atoms with van der Waals surface area (Å²) in [6.07, 6.45) is 0.677. The molecule has 0 saturated heterocycles. The molecule has 1 amide bonds. The minimum absolute atomic E-state index is 0.108. The van der Waals surface area contributed by atoms with Crippen LogP contribution in [0.3, 0.4) is 0 Å². The Hall–Kier alpha value is -1.98. The summed E-state index contributed by atoms with van der Waals surface area (Å²) < 4.78 is 4.98. The van der Waals surface area contributed by atoms with Crippen LogP contribution in [0.25, 0.3) is 0 Å². The normalized spacial score (nSPS) is 11.6. The van der Waals surface area contributed by atoms with Gasteiger partial charge in [0.25, 0.3) is 0 Å². The Morgan fingerprint density at radius 3 is 2.52 bits per heavy atom. The molecule has 0 radical (unpaired) electrons. The Morgan fingerprint density at radius 2 is 1.88 bits per heavy atom. The van der Waals surface area contributed by atoms with E-state index in [0.717, 1.165) is 4.90 Å². The lowest BCUT2D eigenvalue weighted by Gasteiger charge is -2.15. The number of hydrogen-bond acceptors (Lipinski definition) is 4. The molecule has 0 bridgehead atoms. The van der Waals surface area contributed by atoms with Crippen molar-refractivity contribution in [3.8, 4) is 0 Å². The summed E-state index contributed by atoms with van der Waals surface area (Å²) in [6.45, 7) is 4.02. The van der Waals surface area contributed by atoms with Gasteiger partial charge in [-0.3, -0.25) is 4.79 Å². The number of hydrogen-bond donors (Lipinski definition) is 1. The molecule has 0 aliphatic rings. The topological polar surface area (TPSA) is 55.4 Å². The Morgan fingerprint density at radius 1 is 1.16 bits per heavy atom. The van der Waals surface area contributed by atoms with E-state index in [0.29, 0.717) is 29.3 Å². The average molecular weight is 378 g/mol. The van der Waals surface area contributed by atoms with Crippen molar-refractivity contribution >= 4 is 40.9 Å². The maximum absolute atomic E-state index is 12.5. The number of carbonyl (C=O) groups is 2. The highest BCUT2D eigenvalue weighted by Gasteiger charge is 2.18. The van der Waals surface area contributed by atoms with Crippen LogP contribution in [0.1, 0.15) is 30.6 Å². The monoisotopic (exact) mass is 377 g/mol. The molecule has 2 rings (SSSR count). The minimum Gasteiger partial charge on any atom is -0.462 e. The molecule has 0 aliphatic carbocycles. The van der Waals surface area contributed by atoms with E-state index >= 15 is 0 Å². The second-order valence-electron chi connectivity index (χ2n) is 5.26. The van der Waals surface area contributed by atoms with Gasteiger partial charge in [-0.25, -0.2) is 4.79 Å². The van der Waals surface area contributed by atoms with Gasteiger partial charge in [-0.05, 0) is 55.8 Å². The van der Waals surface area contributed by atoms with E-state index in [-0.39, 0.29) is 11.2 Å². The number of carbonyl (C=O) groups excluding carboxylic acids is 2. The van der Waals surface area contributed by atoms with Crippen LogP contribution in [0.4, 0.5) is 5.69 Å². The third-order valence-electron chi connectivity index (χ3n) is 3.40. The second kappa shape index (κ2) is 9.49. The Kier molecular flexibility index (Phi) is 7.34. The smallest absolute Gasteiger partial charge is 0.338 e. The molecule has 0 fully saturated rings. The van der Waals surface area contributed by atoms with Crippen molar-refractivity contribution in [1.29, 1.82) is 0 Å². The van der Waals surface area contributed by atoms with Crippen LogP contribution in [-0.4, -0.2) is 23.7 Å². The molecule has 0 heterocycles. The lowest BCUT2D eigenvalue weighted by atomic mass is 10.2. The number of rotatable bonds is 7. The molecule has 0 saturated carbocycles. The SMILES string of the molecule is CCOC(=O)c1cccc(NC(=O)C(CC)Sc2ccc(Cl)cc2)c1. The molecule has 6 heteroatoms. The van der Waals surface area contributed by atoms with Crippen LogP contribution < -0.4 is 5.32 Å². The fourth-order valence-electron chi connectivity index (χ4n) is 2.16. The Balaban J connectivity index is 2.05. The van der Waals surface area contributed by atoms with E-state index in [2.05, 4.69) is 5.32 Å². The van der Waals surface area contributed by atoms with E-state index in [1.54, 1.807) is 43.3 Å². The van der Waals surface area contributed by atoms with Gasteiger partial charge in [-0.1, -0.05) is 24.6 Å². The van der Waals surface area contributed by atoms with Crippen molar-refractivity contribution in [2.24, 2.45) is 0 Å². The van der Waals surface area contributed by atoms with Gasteiger partial charge in [0.05, 0.1) is 17.4 Å². The molecular formula is C19H20ClNO3S. The summed E-state index contributed by atoms with van der Waals surface area (Å²) in [7, 11) is 0. The summed E-state index contributed by atoms with van der Waals surface area (Å²) in [5.74, 6) is -0.510. The molecule has 0 spiro atoms. The summed E-state index contributed by atoms with van der Waals surface area (Å²) >= 11 is 7.37. The number of thioether (sulfide) groups is 1. The Bertz CT molecular complexity index is 734. The van der Waals surface area contributed by atoms with Gasteiger partial charge in [-0.2, -0.15) is 0 Å². The van der Waals surface area contributed by atoms with Crippen molar-refractivity contribution in [1.82, 2.24) is 0 Å². The van der Waals surface area contributed by atoms with Crippen LogP contribution in [0.15, 0.2) is 53.4 Å². The first-order valence-electron chi connectivity index (χ1n) is 8.03. The molecule has 2 aromatic carbocycles. The van der Waals surface area contributed by atoms with E-state index < -0.39 is 5.97 Å². The standard InChI is InChI=1S/C19H20ClNO3S/c1-3-17(25-16-10-8-14(20)9-11-16)18(22)21-15-7-5-6-13(12-15)19(23)24-4-2/h5-12,17H,3-4H2,1-2H3,(H,21,22). The van der Waals surface area contributed by atoms with Crippen LogP contribution in [0, 0.1) is 0 Å². The van der Waals surface area contributed by atoms with Crippen molar-refractivity contribution in [3.63, 3.8) is 0 Å². The van der Waals surface area contributed by atoms with Gasteiger partial charge in [0.15, 0.2) is 0 Å². The average Bonchev–Trinajstić information content (AvgIpc) is 2.61. The molecule has 1 unspecified atom stereocenters. The highest BCUT2D eigenvalue weighted by Crippen LogP contribution is 2.27. The number of halogens is 1. The van der Waals surface area contributed by atoms with Crippen molar-refractivity contribution in [3.05, 3.63) is 59.1 Å². The maximum atomic E-state index is 12.5. The lowest BCUT2D eigenvalue weighted by molar-refractivity contribution is -0.115. The van der Waals surface area contributed by atoms with Crippen LogP contribution in [0.2, 0.25) is 5.02 Å². The number of amides is 1. The molecule has 25 heavy (non-hydrogen) atoms. The zero-order valence-electron chi connectivity index (χ0n) is 14.1. The summed E-state index contributed by atoms with van der Waals surface area (Å²) in [6, 6.07) is 14.1. The maximum Gasteiger partial charge on any atom is 0.338 e. The molecule has 0 aliphatic heterocycles. The molecule has 1 N–H and O–H groups in total. The minimum atomic E-state index is -0.402. The van der Waals surface area contributed by atoms with Crippen LogP contribution in [0.5, 0.6) is 0 Å². The molecule has 132 valence electrons. The highest BCUT2D eigenvalue weighted by atomic mass is 35.5. The predicted molar refractivity (Wildman–Crippen MR) is 102 cm³/mol. The third-order valence-corrected chi connectivity index (χ3v) is 5.02. The number of benzene rings is 2. The number of anilines is 1. The second-order valence-corrected chi connectivity index (χ2v) is 6.97. The zero-order chi connectivity index (χ0) is 18.2. The first-order chi connectivity index (χ1) is 12.0. The van der Waals surface area contributed by atoms with E-state index in [4.69, 9.17) is 16.3 Å². The fourth-order valence-corrected chi connectivity index (χ4v) is 3.24. The highest BCUT2D eigenvalue weighted by molar-refractivity contribution is 8.00. The molecule has 0 aromatic heterocycles. The predicted octanol–water partition coefficient (Wildman–Crippen LogP) is 5.03.